The fraction of sp³-hybridized carbons (Fsp3) is 0.500. The molecule has 1 aromatic carbocycles. The van der Waals surface area contributed by atoms with Gasteiger partial charge >= 0.3 is 11.9 Å². The van der Waals surface area contributed by atoms with E-state index in [0.717, 1.165) is 18.1 Å². The summed E-state index contributed by atoms with van der Waals surface area (Å²) in [5.41, 5.74) is 6.76. The average Bonchev–Trinajstić information content (AvgIpc) is 2.44. The Kier molecular flexibility index (Phi) is 9.45. The summed E-state index contributed by atoms with van der Waals surface area (Å²) in [6, 6.07) is 7.41. The lowest BCUT2D eigenvalue weighted by atomic mass is 9.95. The largest absolute Gasteiger partial charge is 0.481 e. The van der Waals surface area contributed by atoms with E-state index in [9.17, 15) is 14.7 Å². The van der Waals surface area contributed by atoms with Gasteiger partial charge in [-0.25, -0.2) is 0 Å². The quantitative estimate of drug-likeness (QED) is 0.669. The molecule has 0 amide bonds. The Bertz CT molecular complexity index is 570. The van der Waals surface area contributed by atoms with Crippen LogP contribution in [0.1, 0.15) is 45.2 Å². The standard InChI is InChI=1S/C16H23NO4.C2H4O2/c1-16(2,3)21-14(18)9-13(15(19)20)8-11-4-6-12(10-17)7-5-11;1-2(3)4/h4-7,13H,8-10,17H2,1-3H3,(H,19,20);1H3,(H,3,4)/t13-;/m0./s1. The smallest absolute Gasteiger partial charge is 0.307 e. The highest BCUT2D eigenvalue weighted by Crippen LogP contribution is 2.17. The molecule has 0 spiro atoms. The van der Waals surface area contributed by atoms with E-state index in [1.54, 1.807) is 20.8 Å². The Balaban J connectivity index is 0.00000129. The van der Waals surface area contributed by atoms with Gasteiger partial charge in [0.1, 0.15) is 5.60 Å². The second kappa shape index (κ2) is 10.5. The number of nitrogens with two attached hydrogens (primary N) is 1. The van der Waals surface area contributed by atoms with Gasteiger partial charge in [0.25, 0.3) is 5.97 Å². The van der Waals surface area contributed by atoms with Gasteiger partial charge in [-0.3, -0.25) is 14.4 Å². The van der Waals surface area contributed by atoms with Crippen molar-refractivity contribution in [2.24, 2.45) is 11.7 Å². The van der Waals surface area contributed by atoms with E-state index in [1.165, 1.54) is 0 Å². The van der Waals surface area contributed by atoms with Gasteiger partial charge in [0.2, 0.25) is 0 Å². The van der Waals surface area contributed by atoms with Crippen LogP contribution in [0.25, 0.3) is 0 Å². The number of carboxylic acid groups (broad SMARTS) is 2. The van der Waals surface area contributed by atoms with E-state index >= 15 is 0 Å². The minimum atomic E-state index is -0.997. The molecule has 25 heavy (non-hydrogen) atoms. The van der Waals surface area contributed by atoms with Crippen molar-refractivity contribution >= 4 is 17.9 Å². The average molecular weight is 353 g/mol. The van der Waals surface area contributed by atoms with Crippen LogP contribution in [0.5, 0.6) is 0 Å². The molecule has 0 aliphatic rings. The Morgan fingerprint density at radius 3 is 1.88 bits per heavy atom. The van der Waals surface area contributed by atoms with E-state index in [4.69, 9.17) is 20.4 Å². The predicted octanol–water partition coefficient (Wildman–Crippen LogP) is 2.21. The number of hydrogen-bond acceptors (Lipinski definition) is 5. The van der Waals surface area contributed by atoms with Gasteiger partial charge in [-0.15, -0.1) is 0 Å². The first-order chi connectivity index (χ1) is 11.4. The number of ether oxygens (including phenoxy) is 1. The van der Waals surface area contributed by atoms with Crippen molar-refractivity contribution in [1.29, 1.82) is 0 Å². The first-order valence-corrected chi connectivity index (χ1v) is 7.86. The minimum absolute atomic E-state index is 0.134. The molecule has 0 radical (unpaired) electrons. The van der Waals surface area contributed by atoms with Gasteiger partial charge in [0.05, 0.1) is 12.3 Å². The van der Waals surface area contributed by atoms with Crippen LogP contribution in [-0.4, -0.2) is 33.7 Å². The van der Waals surface area contributed by atoms with Gasteiger partial charge in [-0.05, 0) is 38.3 Å². The third-order valence-corrected chi connectivity index (χ3v) is 2.92. The summed E-state index contributed by atoms with van der Waals surface area (Å²) in [6.45, 7) is 6.80. The summed E-state index contributed by atoms with van der Waals surface area (Å²) in [6.07, 6.45) is 0.157. The molecule has 0 fully saturated rings. The molecule has 4 N–H and O–H groups in total. The van der Waals surface area contributed by atoms with Gasteiger partial charge < -0.3 is 20.7 Å². The van der Waals surface area contributed by atoms with Gasteiger partial charge in [-0.1, -0.05) is 24.3 Å². The molecule has 0 aliphatic heterocycles. The van der Waals surface area contributed by atoms with Crippen molar-refractivity contribution in [2.75, 3.05) is 0 Å². The van der Waals surface area contributed by atoms with Crippen LogP contribution in [0.2, 0.25) is 0 Å². The highest BCUT2D eigenvalue weighted by molar-refractivity contribution is 5.79. The van der Waals surface area contributed by atoms with Crippen molar-refractivity contribution in [3.05, 3.63) is 35.4 Å². The van der Waals surface area contributed by atoms with Crippen LogP contribution >= 0.6 is 0 Å². The maximum Gasteiger partial charge on any atom is 0.307 e. The Morgan fingerprint density at radius 2 is 1.52 bits per heavy atom. The second-order valence-electron chi connectivity index (χ2n) is 6.57. The molecule has 0 saturated carbocycles. The third-order valence-electron chi connectivity index (χ3n) is 2.92. The number of rotatable bonds is 6. The normalized spacial score (nSPS) is 11.7. The molecular weight excluding hydrogens is 326 g/mol. The molecule has 1 aromatic rings. The zero-order valence-electron chi connectivity index (χ0n) is 15.1. The second-order valence-corrected chi connectivity index (χ2v) is 6.57. The van der Waals surface area contributed by atoms with Crippen molar-refractivity contribution in [3.63, 3.8) is 0 Å². The fourth-order valence-electron chi connectivity index (χ4n) is 1.93. The van der Waals surface area contributed by atoms with Gasteiger partial charge in [0.15, 0.2) is 0 Å². The highest BCUT2D eigenvalue weighted by Gasteiger charge is 2.25. The van der Waals surface area contributed by atoms with Crippen LogP contribution in [0, 0.1) is 5.92 Å². The zero-order valence-corrected chi connectivity index (χ0v) is 15.1. The van der Waals surface area contributed by atoms with Crippen LogP contribution < -0.4 is 5.73 Å². The lowest BCUT2D eigenvalue weighted by molar-refractivity contribution is -0.159. The van der Waals surface area contributed by atoms with E-state index in [0.29, 0.717) is 13.0 Å². The van der Waals surface area contributed by atoms with E-state index in [-0.39, 0.29) is 6.42 Å². The Labute approximate surface area is 147 Å². The third kappa shape index (κ3) is 11.7. The molecule has 0 bridgehead atoms. The van der Waals surface area contributed by atoms with Crippen LogP contribution in [0.4, 0.5) is 0 Å². The first-order valence-electron chi connectivity index (χ1n) is 7.86. The number of carboxylic acids is 2. The van der Waals surface area contributed by atoms with Crippen LogP contribution in [-0.2, 0) is 32.1 Å². The lowest BCUT2D eigenvalue weighted by Gasteiger charge is -2.21. The summed E-state index contributed by atoms with van der Waals surface area (Å²) < 4.78 is 5.17. The molecule has 0 heterocycles. The summed E-state index contributed by atoms with van der Waals surface area (Å²) in [5, 5.41) is 16.7. The maximum atomic E-state index is 11.8. The molecule has 1 rings (SSSR count). The topological polar surface area (TPSA) is 127 Å². The monoisotopic (exact) mass is 353 g/mol. The summed E-state index contributed by atoms with van der Waals surface area (Å²) in [4.78, 5) is 32.1. The molecule has 0 aliphatic carbocycles. The molecule has 7 nitrogen and oxygen atoms in total. The van der Waals surface area contributed by atoms with E-state index in [1.807, 2.05) is 24.3 Å². The van der Waals surface area contributed by atoms with E-state index < -0.39 is 29.4 Å². The Hall–Kier alpha value is -2.41. The molecule has 140 valence electrons. The van der Waals surface area contributed by atoms with Crippen LogP contribution in [0.15, 0.2) is 24.3 Å². The summed E-state index contributed by atoms with van der Waals surface area (Å²) >= 11 is 0. The summed E-state index contributed by atoms with van der Waals surface area (Å²) in [7, 11) is 0. The molecule has 0 unspecified atom stereocenters. The first kappa shape index (κ1) is 22.6. The van der Waals surface area contributed by atoms with Gasteiger partial charge in [-0.2, -0.15) is 0 Å². The fourth-order valence-corrected chi connectivity index (χ4v) is 1.93. The Morgan fingerprint density at radius 1 is 1.08 bits per heavy atom. The SMILES string of the molecule is CC(=O)O.CC(C)(C)OC(=O)C[C@H](Cc1ccc(CN)cc1)C(=O)O. The molecule has 1 atom stereocenters. The van der Waals surface area contributed by atoms with Crippen molar-refractivity contribution in [3.8, 4) is 0 Å². The van der Waals surface area contributed by atoms with Crippen LogP contribution in [0.3, 0.4) is 0 Å². The molecule has 7 heteroatoms. The molecular formula is C18H27NO6. The molecule has 0 saturated heterocycles. The van der Waals surface area contributed by atoms with E-state index in [2.05, 4.69) is 0 Å². The number of aliphatic carboxylic acids is 2. The highest BCUT2D eigenvalue weighted by atomic mass is 16.6. The number of hydrogen-bond donors (Lipinski definition) is 3. The van der Waals surface area contributed by atoms with Crippen molar-refractivity contribution < 1.29 is 29.3 Å². The summed E-state index contributed by atoms with van der Waals surface area (Å²) in [5.74, 6) is -3.11. The number of esters is 1. The minimum Gasteiger partial charge on any atom is -0.481 e. The number of carbonyl (C=O) groups excluding carboxylic acids is 1. The lowest BCUT2D eigenvalue weighted by Crippen LogP contribution is -2.28. The zero-order chi connectivity index (χ0) is 19.6. The number of carbonyl (C=O) groups is 3. The molecule has 0 aromatic heterocycles. The van der Waals surface area contributed by atoms with Crippen molar-refractivity contribution in [2.45, 2.75) is 52.7 Å². The van der Waals surface area contributed by atoms with Gasteiger partial charge in [0, 0.05) is 13.5 Å². The number of benzene rings is 1. The maximum absolute atomic E-state index is 11.8. The van der Waals surface area contributed by atoms with Crippen molar-refractivity contribution in [1.82, 2.24) is 0 Å². The predicted molar refractivity (Wildman–Crippen MR) is 92.9 cm³/mol.